The van der Waals surface area contributed by atoms with Crippen molar-refractivity contribution in [3.8, 4) is 0 Å². The number of hydrogen-bond acceptors (Lipinski definition) is 4. The second-order valence-corrected chi connectivity index (χ2v) is 6.88. The van der Waals surface area contributed by atoms with Gasteiger partial charge < -0.3 is 20.1 Å². The number of amides is 1. The Hall–Kier alpha value is -1.66. The Kier molecular flexibility index (Phi) is 5.59. The maximum atomic E-state index is 13.3. The molecule has 128 valence electrons. The Morgan fingerprint density at radius 1 is 1.48 bits per heavy atom. The van der Waals surface area contributed by atoms with Crippen molar-refractivity contribution in [2.75, 3.05) is 13.1 Å². The topological polar surface area (TPSA) is 61.8 Å². The number of nitrogens with one attached hydrogen (secondary N) is 1. The standard InChI is InChI=1S/C17H25FN2O3/c1-17(2,3)23-16(22)20-7-6-14(10-20)19-9-12-4-5-15(18)13(8-12)11-21/h4-5,8,14,19,21H,6-7,9-11H2,1-3H3. The van der Waals surface area contributed by atoms with Gasteiger partial charge in [0.2, 0.25) is 0 Å². The molecule has 0 spiro atoms. The molecule has 1 aromatic carbocycles. The van der Waals surface area contributed by atoms with E-state index in [0.717, 1.165) is 12.0 Å². The van der Waals surface area contributed by atoms with Crippen LogP contribution >= 0.6 is 0 Å². The first-order valence-electron chi connectivity index (χ1n) is 7.88. The van der Waals surface area contributed by atoms with E-state index in [4.69, 9.17) is 9.84 Å². The Labute approximate surface area is 136 Å². The molecule has 5 nitrogen and oxygen atoms in total. The maximum Gasteiger partial charge on any atom is 0.410 e. The Morgan fingerprint density at radius 2 is 2.22 bits per heavy atom. The van der Waals surface area contributed by atoms with Gasteiger partial charge in [0.1, 0.15) is 11.4 Å². The van der Waals surface area contributed by atoms with Gasteiger partial charge in [-0.3, -0.25) is 0 Å². The minimum Gasteiger partial charge on any atom is -0.444 e. The minimum atomic E-state index is -0.489. The van der Waals surface area contributed by atoms with Crippen molar-refractivity contribution in [2.24, 2.45) is 0 Å². The first kappa shape index (κ1) is 17.7. The molecular weight excluding hydrogens is 299 g/mol. The van der Waals surface area contributed by atoms with Gasteiger partial charge >= 0.3 is 6.09 Å². The van der Waals surface area contributed by atoms with Crippen LogP contribution < -0.4 is 5.32 Å². The summed E-state index contributed by atoms with van der Waals surface area (Å²) >= 11 is 0. The zero-order chi connectivity index (χ0) is 17.0. The molecule has 1 saturated heterocycles. The van der Waals surface area contributed by atoms with Crippen LogP contribution in [0.3, 0.4) is 0 Å². The van der Waals surface area contributed by atoms with Gasteiger partial charge in [-0.2, -0.15) is 0 Å². The number of benzene rings is 1. The summed E-state index contributed by atoms with van der Waals surface area (Å²) < 4.78 is 18.7. The van der Waals surface area contributed by atoms with Crippen LogP contribution in [0.1, 0.15) is 38.3 Å². The Morgan fingerprint density at radius 3 is 2.87 bits per heavy atom. The van der Waals surface area contributed by atoms with Crippen LogP contribution in [-0.2, 0) is 17.9 Å². The number of aliphatic hydroxyl groups is 1. The average Bonchev–Trinajstić information content (AvgIpc) is 2.93. The molecule has 1 unspecified atom stereocenters. The van der Waals surface area contributed by atoms with Gasteiger partial charge in [0, 0.05) is 31.2 Å². The number of ether oxygens (including phenoxy) is 1. The fourth-order valence-corrected chi connectivity index (χ4v) is 2.54. The fourth-order valence-electron chi connectivity index (χ4n) is 2.54. The van der Waals surface area contributed by atoms with Crippen LogP contribution in [0.15, 0.2) is 18.2 Å². The molecule has 1 amide bonds. The van der Waals surface area contributed by atoms with E-state index in [9.17, 15) is 9.18 Å². The monoisotopic (exact) mass is 324 g/mol. The smallest absolute Gasteiger partial charge is 0.410 e. The van der Waals surface area contributed by atoms with Gasteiger partial charge in [-0.1, -0.05) is 6.07 Å². The van der Waals surface area contributed by atoms with E-state index in [-0.39, 0.29) is 18.7 Å². The van der Waals surface area contributed by atoms with E-state index in [1.54, 1.807) is 17.0 Å². The number of halogens is 1. The molecular formula is C17H25FN2O3. The van der Waals surface area contributed by atoms with Crippen LogP contribution in [0.4, 0.5) is 9.18 Å². The third-order valence-corrected chi connectivity index (χ3v) is 3.72. The van der Waals surface area contributed by atoms with Gasteiger partial charge in [-0.25, -0.2) is 9.18 Å². The van der Waals surface area contributed by atoms with Crippen LogP contribution in [0.2, 0.25) is 0 Å². The molecule has 0 bridgehead atoms. The maximum absolute atomic E-state index is 13.3. The fraction of sp³-hybridized carbons (Fsp3) is 0.588. The number of carbonyl (C=O) groups is 1. The third kappa shape index (κ3) is 5.18. The second-order valence-electron chi connectivity index (χ2n) is 6.88. The zero-order valence-corrected chi connectivity index (χ0v) is 13.9. The Balaban J connectivity index is 1.83. The lowest BCUT2D eigenvalue weighted by molar-refractivity contribution is 0.0291. The molecule has 2 rings (SSSR count). The van der Waals surface area contributed by atoms with E-state index in [1.165, 1.54) is 6.07 Å². The molecule has 6 heteroatoms. The van der Waals surface area contributed by atoms with Gasteiger partial charge in [-0.05, 0) is 44.9 Å². The summed E-state index contributed by atoms with van der Waals surface area (Å²) in [7, 11) is 0. The average molecular weight is 324 g/mol. The molecule has 1 aromatic rings. The lowest BCUT2D eigenvalue weighted by Crippen LogP contribution is -2.38. The normalized spacial score (nSPS) is 18.3. The molecule has 23 heavy (non-hydrogen) atoms. The van der Waals surface area contributed by atoms with Crippen LogP contribution in [0, 0.1) is 5.82 Å². The molecule has 0 radical (unpaired) electrons. The predicted molar refractivity (Wildman–Crippen MR) is 85.4 cm³/mol. The van der Waals surface area contributed by atoms with E-state index in [1.807, 2.05) is 20.8 Å². The van der Waals surface area contributed by atoms with Gasteiger partial charge in [0.15, 0.2) is 0 Å². The number of aliphatic hydroxyl groups excluding tert-OH is 1. The molecule has 0 saturated carbocycles. The molecule has 0 aliphatic carbocycles. The number of carbonyl (C=O) groups excluding carboxylic acids is 1. The van der Waals surface area contributed by atoms with Gasteiger partial charge in [0.05, 0.1) is 6.61 Å². The van der Waals surface area contributed by atoms with E-state index in [0.29, 0.717) is 25.2 Å². The predicted octanol–water partition coefficient (Wildman–Crippen LogP) is 2.42. The van der Waals surface area contributed by atoms with E-state index < -0.39 is 11.4 Å². The molecule has 2 N–H and O–H groups in total. The highest BCUT2D eigenvalue weighted by Gasteiger charge is 2.29. The van der Waals surface area contributed by atoms with E-state index in [2.05, 4.69) is 5.32 Å². The van der Waals surface area contributed by atoms with E-state index >= 15 is 0 Å². The summed E-state index contributed by atoms with van der Waals surface area (Å²) in [5, 5.41) is 12.5. The van der Waals surface area contributed by atoms with Crippen molar-refractivity contribution in [1.29, 1.82) is 0 Å². The van der Waals surface area contributed by atoms with Crippen LogP contribution in [-0.4, -0.2) is 40.8 Å². The molecule has 1 fully saturated rings. The van der Waals surface area contributed by atoms with Crippen molar-refractivity contribution in [3.05, 3.63) is 35.1 Å². The first-order chi connectivity index (χ1) is 10.8. The minimum absolute atomic E-state index is 0.185. The molecule has 1 atom stereocenters. The number of nitrogens with zero attached hydrogens (tertiary/aromatic N) is 1. The van der Waals surface area contributed by atoms with Crippen LogP contribution in [0.25, 0.3) is 0 Å². The molecule has 1 aliphatic heterocycles. The second kappa shape index (κ2) is 7.27. The third-order valence-electron chi connectivity index (χ3n) is 3.72. The number of likely N-dealkylation sites (tertiary alicyclic amines) is 1. The SMILES string of the molecule is CC(C)(C)OC(=O)N1CCC(NCc2ccc(F)c(CO)c2)C1. The lowest BCUT2D eigenvalue weighted by atomic mass is 10.1. The number of rotatable bonds is 4. The summed E-state index contributed by atoms with van der Waals surface area (Å²) in [4.78, 5) is 13.7. The van der Waals surface area contributed by atoms with Crippen molar-refractivity contribution < 1.29 is 19.0 Å². The summed E-state index contributed by atoms with van der Waals surface area (Å²) in [6.07, 6.45) is 0.568. The highest BCUT2D eigenvalue weighted by atomic mass is 19.1. The Bertz CT molecular complexity index is 557. The van der Waals surface area contributed by atoms with Crippen molar-refractivity contribution in [3.63, 3.8) is 0 Å². The lowest BCUT2D eigenvalue weighted by Gasteiger charge is -2.24. The van der Waals surface area contributed by atoms with Gasteiger partial charge in [0.25, 0.3) is 0 Å². The largest absolute Gasteiger partial charge is 0.444 e. The highest BCUT2D eigenvalue weighted by Crippen LogP contribution is 2.16. The zero-order valence-electron chi connectivity index (χ0n) is 13.9. The molecule has 1 aliphatic rings. The summed E-state index contributed by atoms with van der Waals surface area (Å²) in [5.41, 5.74) is 0.717. The van der Waals surface area contributed by atoms with Gasteiger partial charge in [-0.15, -0.1) is 0 Å². The van der Waals surface area contributed by atoms with Crippen LogP contribution in [0.5, 0.6) is 0 Å². The van der Waals surface area contributed by atoms with Crippen molar-refractivity contribution in [2.45, 2.75) is 52.0 Å². The summed E-state index contributed by atoms with van der Waals surface area (Å²) in [6, 6.07) is 4.90. The quantitative estimate of drug-likeness (QED) is 0.893. The highest BCUT2D eigenvalue weighted by molar-refractivity contribution is 5.68. The van der Waals surface area contributed by atoms with Crippen molar-refractivity contribution >= 4 is 6.09 Å². The van der Waals surface area contributed by atoms with Crippen molar-refractivity contribution in [1.82, 2.24) is 10.2 Å². The molecule has 1 heterocycles. The molecule has 0 aromatic heterocycles. The number of hydrogen-bond donors (Lipinski definition) is 2. The summed E-state index contributed by atoms with van der Waals surface area (Å²) in [6.45, 7) is 7.08. The summed E-state index contributed by atoms with van der Waals surface area (Å²) in [5.74, 6) is -0.395. The first-order valence-corrected chi connectivity index (χ1v) is 7.88.